The number of rotatable bonds is 9. The van der Waals surface area contributed by atoms with Crippen LogP contribution < -0.4 is 10.6 Å². The number of thioether (sulfide) groups is 1. The number of carbonyl (C=O) groups excluding carboxylic acids is 2. The van der Waals surface area contributed by atoms with E-state index in [9.17, 15) is 19.5 Å². The van der Waals surface area contributed by atoms with Crippen molar-refractivity contribution in [1.29, 1.82) is 0 Å². The molecule has 3 aromatic rings. The zero-order valence-electron chi connectivity index (χ0n) is 17.9. The number of nitrogens with one attached hydrogen (secondary N) is 2. The molecule has 0 spiro atoms. The van der Waals surface area contributed by atoms with E-state index in [1.165, 1.54) is 18.0 Å². The first-order valence-electron chi connectivity index (χ1n) is 9.93. The van der Waals surface area contributed by atoms with Crippen LogP contribution in [0.25, 0.3) is 11.1 Å². The lowest BCUT2D eigenvalue weighted by Gasteiger charge is -2.17. The summed E-state index contributed by atoms with van der Waals surface area (Å²) in [5, 5.41) is 14.9. The molecule has 2 aromatic carbocycles. The maximum absolute atomic E-state index is 13.0. The molecule has 0 saturated heterocycles. The Morgan fingerprint density at radius 1 is 1.03 bits per heavy atom. The number of aliphatic carboxylic acids is 1. The Morgan fingerprint density at radius 2 is 1.79 bits per heavy atom. The highest BCUT2D eigenvalue weighted by molar-refractivity contribution is 7.98. The first-order chi connectivity index (χ1) is 15.5. The SMILES string of the molecule is CSCCC(NC(=O)c1ccc(NC(=O)c2cccnc2)cc1-c1ccccc1)C(=O)O.Cl. The number of carboxylic acid groups (broad SMARTS) is 1. The van der Waals surface area contributed by atoms with Gasteiger partial charge in [-0.05, 0) is 59.9 Å². The Morgan fingerprint density at radius 3 is 2.42 bits per heavy atom. The van der Waals surface area contributed by atoms with Crippen molar-refractivity contribution in [2.75, 3.05) is 17.3 Å². The molecule has 0 bridgehead atoms. The van der Waals surface area contributed by atoms with Gasteiger partial charge < -0.3 is 15.7 Å². The van der Waals surface area contributed by atoms with Gasteiger partial charge in [0, 0.05) is 23.6 Å². The van der Waals surface area contributed by atoms with Crippen LogP contribution in [0.1, 0.15) is 27.1 Å². The van der Waals surface area contributed by atoms with Crippen LogP contribution in [0.2, 0.25) is 0 Å². The summed E-state index contributed by atoms with van der Waals surface area (Å²) in [7, 11) is 0. The molecule has 3 N–H and O–H groups in total. The predicted octanol–water partition coefficient (Wildman–Crippen LogP) is 4.36. The van der Waals surface area contributed by atoms with E-state index >= 15 is 0 Å². The fraction of sp³-hybridized carbons (Fsp3) is 0.167. The van der Waals surface area contributed by atoms with E-state index in [1.54, 1.807) is 36.5 Å². The summed E-state index contributed by atoms with van der Waals surface area (Å²) >= 11 is 1.52. The second-order valence-electron chi connectivity index (χ2n) is 6.97. The van der Waals surface area contributed by atoms with Gasteiger partial charge in [-0.2, -0.15) is 11.8 Å². The molecule has 3 rings (SSSR count). The van der Waals surface area contributed by atoms with E-state index in [-0.39, 0.29) is 18.3 Å². The quantitative estimate of drug-likeness (QED) is 0.415. The van der Waals surface area contributed by atoms with Crippen molar-refractivity contribution in [2.24, 2.45) is 0 Å². The van der Waals surface area contributed by atoms with Gasteiger partial charge in [-0.15, -0.1) is 12.4 Å². The minimum atomic E-state index is -1.07. The fourth-order valence-electron chi connectivity index (χ4n) is 3.11. The molecule has 1 unspecified atom stereocenters. The van der Waals surface area contributed by atoms with E-state index < -0.39 is 17.9 Å². The number of pyridine rings is 1. The lowest BCUT2D eigenvalue weighted by molar-refractivity contribution is -0.139. The molecule has 0 aliphatic heterocycles. The van der Waals surface area contributed by atoms with Crippen LogP contribution in [-0.4, -0.2) is 45.9 Å². The van der Waals surface area contributed by atoms with Crippen LogP contribution in [0.3, 0.4) is 0 Å². The van der Waals surface area contributed by atoms with Crippen LogP contribution in [0, 0.1) is 0 Å². The molecule has 0 saturated carbocycles. The zero-order valence-corrected chi connectivity index (χ0v) is 19.5. The number of carbonyl (C=O) groups is 3. The lowest BCUT2D eigenvalue weighted by atomic mass is 9.98. The van der Waals surface area contributed by atoms with Gasteiger partial charge in [-0.1, -0.05) is 30.3 Å². The Balaban J connectivity index is 0.00000385. The van der Waals surface area contributed by atoms with E-state index in [1.807, 2.05) is 36.6 Å². The number of hydrogen-bond donors (Lipinski definition) is 3. The Hall–Kier alpha value is -3.36. The largest absolute Gasteiger partial charge is 0.480 e. The average molecular weight is 486 g/mol. The molecule has 9 heteroatoms. The summed E-state index contributed by atoms with van der Waals surface area (Å²) in [6.07, 6.45) is 5.26. The molecule has 0 aliphatic carbocycles. The highest BCUT2D eigenvalue weighted by Gasteiger charge is 2.22. The molecule has 172 valence electrons. The van der Waals surface area contributed by atoms with Crippen LogP contribution >= 0.6 is 24.2 Å². The molecule has 0 aliphatic rings. The topological polar surface area (TPSA) is 108 Å². The average Bonchev–Trinajstić information content (AvgIpc) is 2.82. The molecular weight excluding hydrogens is 462 g/mol. The zero-order chi connectivity index (χ0) is 22.9. The van der Waals surface area contributed by atoms with Crippen molar-refractivity contribution >= 4 is 47.6 Å². The monoisotopic (exact) mass is 485 g/mol. The molecule has 0 fully saturated rings. The second-order valence-corrected chi connectivity index (χ2v) is 7.95. The van der Waals surface area contributed by atoms with Gasteiger partial charge >= 0.3 is 5.97 Å². The third kappa shape index (κ3) is 7.06. The van der Waals surface area contributed by atoms with E-state index in [0.717, 1.165) is 5.56 Å². The van der Waals surface area contributed by atoms with Crippen LogP contribution in [0.5, 0.6) is 0 Å². The number of halogens is 1. The highest BCUT2D eigenvalue weighted by atomic mass is 35.5. The van der Waals surface area contributed by atoms with Gasteiger partial charge in [0.05, 0.1) is 5.56 Å². The summed E-state index contributed by atoms with van der Waals surface area (Å²) in [6.45, 7) is 0. The first kappa shape index (κ1) is 25.9. The maximum Gasteiger partial charge on any atom is 0.326 e. The van der Waals surface area contributed by atoms with Crippen LogP contribution in [0.15, 0.2) is 73.1 Å². The smallest absolute Gasteiger partial charge is 0.326 e. The van der Waals surface area contributed by atoms with Gasteiger partial charge in [-0.3, -0.25) is 14.6 Å². The highest BCUT2D eigenvalue weighted by Crippen LogP contribution is 2.27. The third-order valence-corrected chi connectivity index (χ3v) is 5.39. The Bertz CT molecular complexity index is 1100. The number of anilines is 1. The van der Waals surface area contributed by atoms with Gasteiger partial charge in [0.25, 0.3) is 11.8 Å². The maximum atomic E-state index is 13.0. The number of nitrogens with zero attached hydrogens (tertiary/aromatic N) is 1. The number of benzene rings is 2. The van der Waals surface area contributed by atoms with Crippen molar-refractivity contribution in [3.8, 4) is 11.1 Å². The second kappa shape index (κ2) is 12.6. The van der Waals surface area contributed by atoms with Crippen molar-refractivity contribution in [1.82, 2.24) is 10.3 Å². The molecule has 1 heterocycles. The summed E-state index contributed by atoms with van der Waals surface area (Å²) in [5.41, 5.74) is 2.60. The molecule has 1 atom stereocenters. The van der Waals surface area contributed by atoms with Crippen molar-refractivity contribution < 1.29 is 19.5 Å². The van der Waals surface area contributed by atoms with E-state index in [4.69, 9.17) is 0 Å². The van der Waals surface area contributed by atoms with Gasteiger partial charge in [-0.25, -0.2) is 4.79 Å². The lowest BCUT2D eigenvalue weighted by Crippen LogP contribution is -2.41. The predicted molar refractivity (Wildman–Crippen MR) is 133 cm³/mol. The van der Waals surface area contributed by atoms with Gasteiger partial charge in [0.1, 0.15) is 6.04 Å². The normalized spacial score (nSPS) is 11.1. The van der Waals surface area contributed by atoms with Gasteiger partial charge in [0.15, 0.2) is 0 Å². The van der Waals surface area contributed by atoms with Gasteiger partial charge in [0.2, 0.25) is 0 Å². The molecule has 7 nitrogen and oxygen atoms in total. The number of hydrogen-bond acceptors (Lipinski definition) is 5. The number of amides is 2. The third-order valence-electron chi connectivity index (χ3n) is 4.74. The van der Waals surface area contributed by atoms with Crippen molar-refractivity contribution in [3.63, 3.8) is 0 Å². The number of aromatic nitrogens is 1. The van der Waals surface area contributed by atoms with Crippen LogP contribution in [0.4, 0.5) is 5.69 Å². The summed E-state index contributed by atoms with van der Waals surface area (Å²) in [5.74, 6) is -1.27. The van der Waals surface area contributed by atoms with E-state index in [2.05, 4.69) is 15.6 Å². The molecular formula is C24H24ClN3O4S. The molecule has 0 radical (unpaired) electrons. The summed E-state index contributed by atoms with van der Waals surface area (Å²) in [6, 6.07) is 16.5. The first-order valence-corrected chi connectivity index (χ1v) is 11.3. The Labute approximate surface area is 202 Å². The fourth-order valence-corrected chi connectivity index (χ4v) is 3.58. The molecule has 33 heavy (non-hydrogen) atoms. The summed E-state index contributed by atoms with van der Waals surface area (Å²) < 4.78 is 0. The Kier molecular flexibility index (Phi) is 9.90. The van der Waals surface area contributed by atoms with Crippen molar-refractivity contribution in [2.45, 2.75) is 12.5 Å². The standard InChI is InChI=1S/C24H23N3O4S.ClH/c1-32-13-11-21(24(30)31)27-23(29)19-10-9-18(14-20(19)16-6-3-2-4-7-16)26-22(28)17-8-5-12-25-15-17;/h2-10,12,14-15,21H,11,13H2,1H3,(H,26,28)(H,27,29)(H,30,31);1H. The minimum Gasteiger partial charge on any atom is -0.480 e. The number of carboxylic acids is 1. The summed E-state index contributed by atoms with van der Waals surface area (Å²) in [4.78, 5) is 41.0. The molecule has 1 aromatic heterocycles. The minimum absolute atomic E-state index is 0. The van der Waals surface area contributed by atoms with E-state index in [0.29, 0.717) is 34.6 Å². The molecule has 2 amide bonds. The van der Waals surface area contributed by atoms with Crippen LogP contribution in [-0.2, 0) is 4.79 Å². The van der Waals surface area contributed by atoms with Crippen molar-refractivity contribution in [3.05, 3.63) is 84.2 Å².